The van der Waals surface area contributed by atoms with Gasteiger partial charge in [0.2, 0.25) is 0 Å². The van der Waals surface area contributed by atoms with Crippen molar-refractivity contribution in [2.24, 2.45) is 5.92 Å². The summed E-state index contributed by atoms with van der Waals surface area (Å²) in [4.78, 5) is 33.7. The van der Waals surface area contributed by atoms with Crippen molar-refractivity contribution in [3.8, 4) is 0 Å². The number of aromatic nitrogens is 2. The molecule has 0 aromatic carbocycles. The van der Waals surface area contributed by atoms with Crippen LogP contribution >= 0.6 is 0 Å². The minimum absolute atomic E-state index is 0.211. The number of hydrogen-bond donors (Lipinski definition) is 1. The summed E-state index contributed by atoms with van der Waals surface area (Å²) in [6, 6.07) is 1.33. The van der Waals surface area contributed by atoms with Crippen molar-refractivity contribution in [1.82, 2.24) is 14.9 Å². The molecule has 108 valence electrons. The van der Waals surface area contributed by atoms with E-state index in [1.54, 1.807) is 24.8 Å². The summed E-state index contributed by atoms with van der Waals surface area (Å²) in [6.07, 6.45) is 1.32. The van der Waals surface area contributed by atoms with Gasteiger partial charge in [-0.05, 0) is 39.7 Å². The first kappa shape index (κ1) is 14.4. The van der Waals surface area contributed by atoms with Gasteiger partial charge in [0.15, 0.2) is 0 Å². The van der Waals surface area contributed by atoms with Gasteiger partial charge in [0.1, 0.15) is 11.5 Å². The highest BCUT2D eigenvalue weighted by atomic mass is 16.4. The summed E-state index contributed by atoms with van der Waals surface area (Å²) in [5.41, 5.74) is 1.08. The molecule has 2 atom stereocenters. The molecular weight excluding hydrogens is 258 g/mol. The van der Waals surface area contributed by atoms with Crippen LogP contribution in [-0.2, 0) is 4.79 Å². The van der Waals surface area contributed by atoms with E-state index in [4.69, 9.17) is 0 Å². The molecule has 6 heteroatoms. The van der Waals surface area contributed by atoms with Crippen LogP contribution in [0.25, 0.3) is 0 Å². The van der Waals surface area contributed by atoms with Gasteiger partial charge >= 0.3 is 5.97 Å². The monoisotopic (exact) mass is 277 g/mol. The maximum absolute atomic E-state index is 12.5. The predicted molar refractivity (Wildman–Crippen MR) is 72.4 cm³/mol. The van der Waals surface area contributed by atoms with E-state index in [0.29, 0.717) is 30.9 Å². The third-order valence-corrected chi connectivity index (χ3v) is 3.75. The summed E-state index contributed by atoms with van der Waals surface area (Å²) in [5, 5.41) is 9.20. The number of amides is 1. The van der Waals surface area contributed by atoms with Gasteiger partial charge in [0.05, 0.1) is 5.92 Å². The number of hydrogen-bond acceptors (Lipinski definition) is 4. The molecule has 0 radical (unpaired) electrons. The van der Waals surface area contributed by atoms with Gasteiger partial charge in [-0.1, -0.05) is 0 Å². The normalized spacial score (nSPS) is 22.6. The minimum Gasteiger partial charge on any atom is -0.481 e. The Labute approximate surface area is 117 Å². The average molecular weight is 277 g/mol. The van der Waals surface area contributed by atoms with E-state index in [1.807, 2.05) is 6.92 Å². The summed E-state index contributed by atoms with van der Waals surface area (Å²) in [5.74, 6) is -1.01. The Morgan fingerprint density at radius 3 is 2.65 bits per heavy atom. The molecule has 1 aliphatic rings. The van der Waals surface area contributed by atoms with E-state index in [2.05, 4.69) is 9.97 Å². The van der Waals surface area contributed by atoms with E-state index in [0.717, 1.165) is 5.69 Å². The molecule has 2 rings (SSSR count). The molecule has 0 unspecified atom stereocenters. The number of nitrogens with zero attached hydrogens (tertiary/aromatic N) is 3. The van der Waals surface area contributed by atoms with Gasteiger partial charge in [0, 0.05) is 18.3 Å². The Morgan fingerprint density at radius 1 is 1.35 bits per heavy atom. The SMILES string of the molecule is Cc1cc(C(=O)N2CCC[C@@H](C(=O)O)[C@H]2C)nc(C)n1. The maximum atomic E-state index is 12.5. The highest BCUT2D eigenvalue weighted by Gasteiger charge is 2.36. The average Bonchev–Trinajstić information content (AvgIpc) is 2.36. The Balaban J connectivity index is 2.25. The van der Waals surface area contributed by atoms with Crippen molar-refractivity contribution >= 4 is 11.9 Å². The number of likely N-dealkylation sites (tertiary alicyclic amines) is 1. The van der Waals surface area contributed by atoms with Crippen LogP contribution in [0.2, 0.25) is 0 Å². The highest BCUT2D eigenvalue weighted by Crippen LogP contribution is 2.25. The second-order valence-electron chi connectivity index (χ2n) is 5.27. The number of carbonyl (C=O) groups is 2. The molecule has 1 fully saturated rings. The van der Waals surface area contributed by atoms with Gasteiger partial charge in [-0.3, -0.25) is 9.59 Å². The number of aliphatic carboxylic acids is 1. The van der Waals surface area contributed by atoms with Crippen LogP contribution in [0.4, 0.5) is 0 Å². The first-order valence-corrected chi connectivity index (χ1v) is 6.76. The number of carboxylic acid groups (broad SMARTS) is 1. The third-order valence-electron chi connectivity index (χ3n) is 3.75. The molecule has 2 heterocycles. The molecule has 20 heavy (non-hydrogen) atoms. The van der Waals surface area contributed by atoms with Crippen molar-refractivity contribution < 1.29 is 14.7 Å². The number of piperidine rings is 1. The second kappa shape index (κ2) is 5.56. The van der Waals surface area contributed by atoms with Crippen molar-refractivity contribution in [3.05, 3.63) is 23.3 Å². The molecule has 1 aliphatic heterocycles. The molecule has 6 nitrogen and oxygen atoms in total. The standard InChI is InChI=1S/C14H19N3O3/c1-8-7-12(16-10(3)15-8)13(18)17-6-4-5-11(9(17)2)14(19)20/h7,9,11H,4-6H2,1-3H3,(H,19,20)/t9-,11-/m1/s1. The molecule has 1 saturated heterocycles. The summed E-state index contributed by atoms with van der Waals surface area (Å²) >= 11 is 0. The Bertz CT molecular complexity index is 524. The number of rotatable bonds is 2. The van der Waals surface area contributed by atoms with Gasteiger partial charge in [-0.15, -0.1) is 0 Å². The third kappa shape index (κ3) is 2.79. The van der Waals surface area contributed by atoms with Crippen LogP contribution < -0.4 is 0 Å². The van der Waals surface area contributed by atoms with Crippen LogP contribution in [-0.4, -0.2) is 44.4 Å². The molecule has 0 spiro atoms. The fraction of sp³-hybridized carbons (Fsp3) is 0.571. The molecule has 0 aliphatic carbocycles. The first-order valence-electron chi connectivity index (χ1n) is 6.76. The van der Waals surface area contributed by atoms with Crippen molar-refractivity contribution in [2.75, 3.05) is 6.54 Å². The van der Waals surface area contributed by atoms with Crippen LogP contribution in [0.15, 0.2) is 6.07 Å². The van der Waals surface area contributed by atoms with E-state index in [-0.39, 0.29) is 11.9 Å². The lowest BCUT2D eigenvalue weighted by Gasteiger charge is -2.37. The molecule has 1 aromatic rings. The maximum Gasteiger partial charge on any atom is 0.308 e. The smallest absolute Gasteiger partial charge is 0.308 e. The Morgan fingerprint density at radius 2 is 2.05 bits per heavy atom. The molecule has 1 N–H and O–H groups in total. The fourth-order valence-corrected chi connectivity index (χ4v) is 2.73. The molecule has 0 saturated carbocycles. The molecule has 1 amide bonds. The zero-order chi connectivity index (χ0) is 14.9. The minimum atomic E-state index is -0.843. The Kier molecular flexibility index (Phi) is 4.01. The summed E-state index contributed by atoms with van der Waals surface area (Å²) < 4.78 is 0. The van der Waals surface area contributed by atoms with Crippen LogP contribution in [0.1, 0.15) is 41.8 Å². The molecular formula is C14H19N3O3. The number of carboxylic acids is 1. The van der Waals surface area contributed by atoms with Crippen molar-refractivity contribution in [1.29, 1.82) is 0 Å². The molecule has 1 aromatic heterocycles. The van der Waals surface area contributed by atoms with Crippen LogP contribution in [0.3, 0.4) is 0 Å². The lowest BCUT2D eigenvalue weighted by Crippen LogP contribution is -2.49. The van der Waals surface area contributed by atoms with E-state index in [1.165, 1.54) is 0 Å². The van der Waals surface area contributed by atoms with Crippen LogP contribution in [0.5, 0.6) is 0 Å². The topological polar surface area (TPSA) is 83.4 Å². The van der Waals surface area contributed by atoms with Gasteiger partial charge in [-0.2, -0.15) is 0 Å². The van der Waals surface area contributed by atoms with E-state index in [9.17, 15) is 14.7 Å². The predicted octanol–water partition coefficient (Wildman–Crippen LogP) is 1.42. The fourth-order valence-electron chi connectivity index (χ4n) is 2.73. The zero-order valence-electron chi connectivity index (χ0n) is 12.0. The molecule has 0 bridgehead atoms. The largest absolute Gasteiger partial charge is 0.481 e. The van der Waals surface area contributed by atoms with Gasteiger partial charge in [-0.25, -0.2) is 9.97 Å². The van der Waals surface area contributed by atoms with Crippen molar-refractivity contribution in [3.63, 3.8) is 0 Å². The zero-order valence-corrected chi connectivity index (χ0v) is 12.0. The van der Waals surface area contributed by atoms with E-state index >= 15 is 0 Å². The van der Waals surface area contributed by atoms with Crippen molar-refractivity contribution in [2.45, 2.75) is 39.7 Å². The number of aryl methyl sites for hydroxylation is 2. The first-order chi connectivity index (χ1) is 9.40. The van der Waals surface area contributed by atoms with E-state index < -0.39 is 11.9 Å². The highest BCUT2D eigenvalue weighted by molar-refractivity contribution is 5.93. The van der Waals surface area contributed by atoms with Gasteiger partial charge < -0.3 is 10.0 Å². The van der Waals surface area contributed by atoms with Crippen LogP contribution in [0, 0.1) is 19.8 Å². The second-order valence-corrected chi connectivity index (χ2v) is 5.27. The lowest BCUT2D eigenvalue weighted by atomic mass is 9.90. The lowest BCUT2D eigenvalue weighted by molar-refractivity contribution is -0.144. The number of carbonyl (C=O) groups excluding carboxylic acids is 1. The Hall–Kier alpha value is -1.98. The summed E-state index contributed by atoms with van der Waals surface area (Å²) in [7, 11) is 0. The summed E-state index contributed by atoms with van der Waals surface area (Å²) in [6.45, 7) is 5.91. The van der Waals surface area contributed by atoms with Gasteiger partial charge in [0.25, 0.3) is 5.91 Å². The quantitative estimate of drug-likeness (QED) is 0.883.